The molecule has 0 bridgehead atoms. The Morgan fingerprint density at radius 2 is 2.29 bits per heavy atom. The van der Waals surface area contributed by atoms with Crippen molar-refractivity contribution in [2.24, 2.45) is 13.0 Å². The molecule has 0 spiro atoms. The quantitative estimate of drug-likeness (QED) is 0.932. The summed E-state index contributed by atoms with van der Waals surface area (Å²) in [6, 6.07) is 7.18. The minimum atomic E-state index is -0.661. The number of nitrogens with zero attached hydrogens (tertiary/aromatic N) is 3. The molecule has 1 saturated heterocycles. The SMILES string of the molecule is COc1cccc(C(=O)N2CCCC(C(O)c3nccn3C)C2)c1. The van der Waals surface area contributed by atoms with Crippen LogP contribution < -0.4 is 4.74 Å². The molecule has 3 rings (SSSR count). The number of likely N-dealkylation sites (tertiary alicyclic amines) is 1. The maximum absolute atomic E-state index is 12.8. The zero-order valence-corrected chi connectivity index (χ0v) is 14.1. The van der Waals surface area contributed by atoms with Crippen LogP contribution in [-0.4, -0.2) is 45.7 Å². The number of amides is 1. The lowest BCUT2D eigenvalue weighted by molar-refractivity contribution is 0.0358. The van der Waals surface area contributed by atoms with Gasteiger partial charge >= 0.3 is 0 Å². The second-order valence-electron chi connectivity index (χ2n) is 6.23. The van der Waals surface area contributed by atoms with Crippen molar-refractivity contribution in [2.45, 2.75) is 18.9 Å². The number of carbonyl (C=O) groups is 1. The van der Waals surface area contributed by atoms with Gasteiger partial charge in [-0.15, -0.1) is 0 Å². The topological polar surface area (TPSA) is 67.6 Å². The summed E-state index contributed by atoms with van der Waals surface area (Å²) in [4.78, 5) is 18.8. The van der Waals surface area contributed by atoms with Gasteiger partial charge in [0, 0.05) is 44.0 Å². The van der Waals surface area contributed by atoms with E-state index in [1.807, 2.05) is 34.8 Å². The Hall–Kier alpha value is -2.34. The third-order valence-corrected chi connectivity index (χ3v) is 4.63. The first kappa shape index (κ1) is 16.5. The van der Waals surface area contributed by atoms with Crippen LogP contribution >= 0.6 is 0 Å². The predicted molar refractivity (Wildman–Crippen MR) is 89.8 cm³/mol. The number of aryl methyl sites for hydroxylation is 1. The van der Waals surface area contributed by atoms with Gasteiger partial charge in [-0.25, -0.2) is 4.98 Å². The van der Waals surface area contributed by atoms with Gasteiger partial charge < -0.3 is 19.3 Å². The Bertz CT molecular complexity index is 713. The summed E-state index contributed by atoms with van der Waals surface area (Å²) in [5, 5.41) is 10.6. The molecule has 128 valence electrons. The van der Waals surface area contributed by atoms with Crippen molar-refractivity contribution in [3.63, 3.8) is 0 Å². The molecule has 6 heteroatoms. The number of aliphatic hydroxyl groups excluding tert-OH is 1. The number of benzene rings is 1. The van der Waals surface area contributed by atoms with E-state index in [1.165, 1.54) is 0 Å². The lowest BCUT2D eigenvalue weighted by Gasteiger charge is -2.35. The standard InChI is InChI=1S/C18H23N3O3/c1-20-10-8-19-17(20)16(22)14-6-4-9-21(12-14)18(23)13-5-3-7-15(11-13)24-2/h3,5,7-8,10-11,14,16,22H,4,6,9,12H2,1-2H3. The average molecular weight is 329 g/mol. The van der Waals surface area contributed by atoms with Gasteiger partial charge in [-0.3, -0.25) is 4.79 Å². The highest BCUT2D eigenvalue weighted by Crippen LogP contribution is 2.29. The highest BCUT2D eigenvalue weighted by atomic mass is 16.5. The second kappa shape index (κ2) is 7.05. The zero-order chi connectivity index (χ0) is 17.1. The second-order valence-corrected chi connectivity index (χ2v) is 6.23. The molecule has 1 aliphatic rings. The molecule has 1 amide bonds. The molecule has 24 heavy (non-hydrogen) atoms. The van der Waals surface area contributed by atoms with Crippen molar-refractivity contribution in [1.82, 2.24) is 14.5 Å². The van der Waals surface area contributed by atoms with Crippen LogP contribution in [-0.2, 0) is 7.05 Å². The Kier molecular flexibility index (Phi) is 4.85. The Morgan fingerprint density at radius 3 is 3.00 bits per heavy atom. The number of aromatic nitrogens is 2. The van der Waals surface area contributed by atoms with E-state index >= 15 is 0 Å². The summed E-state index contributed by atoms with van der Waals surface area (Å²) in [6.45, 7) is 1.24. The fraction of sp³-hybridized carbons (Fsp3) is 0.444. The average Bonchev–Trinajstić information content (AvgIpc) is 3.06. The van der Waals surface area contributed by atoms with E-state index in [9.17, 15) is 9.90 Å². The monoisotopic (exact) mass is 329 g/mol. The lowest BCUT2D eigenvalue weighted by Crippen LogP contribution is -2.42. The molecule has 1 N–H and O–H groups in total. The van der Waals surface area contributed by atoms with Crippen molar-refractivity contribution < 1.29 is 14.6 Å². The highest BCUT2D eigenvalue weighted by Gasteiger charge is 2.31. The number of methoxy groups -OCH3 is 1. The summed E-state index contributed by atoms with van der Waals surface area (Å²) < 4.78 is 7.02. The fourth-order valence-corrected chi connectivity index (χ4v) is 3.26. The number of piperidine rings is 1. The molecule has 1 aromatic carbocycles. The Balaban J connectivity index is 1.73. The van der Waals surface area contributed by atoms with E-state index in [0.29, 0.717) is 30.2 Å². The van der Waals surface area contributed by atoms with Crippen LogP contribution in [0.15, 0.2) is 36.7 Å². The Labute approximate surface area is 141 Å². The third-order valence-electron chi connectivity index (χ3n) is 4.63. The third kappa shape index (κ3) is 3.28. The summed E-state index contributed by atoms with van der Waals surface area (Å²) in [5.74, 6) is 1.29. The summed E-state index contributed by atoms with van der Waals surface area (Å²) in [7, 11) is 3.46. The first-order chi connectivity index (χ1) is 11.6. The van der Waals surface area contributed by atoms with Gasteiger partial charge in [-0.2, -0.15) is 0 Å². The van der Waals surface area contributed by atoms with E-state index in [-0.39, 0.29) is 11.8 Å². The normalized spacial score (nSPS) is 19.1. The van der Waals surface area contributed by atoms with Gasteiger partial charge in [0.1, 0.15) is 17.7 Å². The molecule has 2 aromatic rings. The van der Waals surface area contributed by atoms with E-state index in [2.05, 4.69) is 4.98 Å². The molecular weight excluding hydrogens is 306 g/mol. The summed E-state index contributed by atoms with van der Waals surface area (Å²) in [6.07, 6.45) is 4.60. The molecule has 2 unspecified atom stereocenters. The van der Waals surface area contributed by atoms with Gasteiger partial charge in [0.2, 0.25) is 0 Å². The molecule has 2 atom stereocenters. The van der Waals surface area contributed by atoms with Crippen molar-refractivity contribution in [2.75, 3.05) is 20.2 Å². The van der Waals surface area contributed by atoms with Gasteiger partial charge in [0.15, 0.2) is 0 Å². The van der Waals surface area contributed by atoms with Crippen molar-refractivity contribution >= 4 is 5.91 Å². The van der Waals surface area contributed by atoms with Gasteiger partial charge in [0.05, 0.1) is 7.11 Å². The van der Waals surface area contributed by atoms with E-state index in [0.717, 1.165) is 12.8 Å². The molecule has 0 aliphatic carbocycles. The number of rotatable bonds is 4. The van der Waals surface area contributed by atoms with Crippen LogP contribution in [0, 0.1) is 5.92 Å². The first-order valence-electron chi connectivity index (χ1n) is 8.18. The van der Waals surface area contributed by atoms with Crippen LogP contribution in [0.5, 0.6) is 5.75 Å². The fourth-order valence-electron chi connectivity index (χ4n) is 3.26. The molecule has 0 saturated carbocycles. The summed E-state index contributed by atoms with van der Waals surface area (Å²) >= 11 is 0. The van der Waals surface area contributed by atoms with Crippen LogP contribution in [0.3, 0.4) is 0 Å². The first-order valence-corrected chi connectivity index (χ1v) is 8.18. The number of aliphatic hydroxyl groups is 1. The van der Waals surface area contributed by atoms with E-state index < -0.39 is 6.10 Å². The lowest BCUT2D eigenvalue weighted by atomic mass is 9.91. The van der Waals surface area contributed by atoms with Gasteiger partial charge in [-0.1, -0.05) is 6.07 Å². The van der Waals surface area contributed by atoms with Crippen LogP contribution in [0.2, 0.25) is 0 Å². The van der Waals surface area contributed by atoms with Crippen molar-refractivity contribution in [3.8, 4) is 5.75 Å². The molecular formula is C18H23N3O3. The molecule has 2 heterocycles. The van der Waals surface area contributed by atoms with E-state index in [1.54, 1.807) is 25.4 Å². The van der Waals surface area contributed by atoms with Crippen molar-refractivity contribution in [3.05, 3.63) is 48.0 Å². The van der Waals surface area contributed by atoms with Gasteiger partial charge in [-0.05, 0) is 31.0 Å². The predicted octanol–water partition coefficient (Wildman–Crippen LogP) is 2.01. The Morgan fingerprint density at radius 1 is 1.46 bits per heavy atom. The van der Waals surface area contributed by atoms with Crippen LogP contribution in [0.25, 0.3) is 0 Å². The number of carbonyl (C=O) groups excluding carboxylic acids is 1. The van der Waals surface area contributed by atoms with Gasteiger partial charge in [0.25, 0.3) is 5.91 Å². The van der Waals surface area contributed by atoms with E-state index in [4.69, 9.17) is 4.74 Å². The maximum Gasteiger partial charge on any atom is 0.253 e. The van der Waals surface area contributed by atoms with Crippen LogP contribution in [0.1, 0.15) is 35.1 Å². The smallest absolute Gasteiger partial charge is 0.253 e. The minimum Gasteiger partial charge on any atom is -0.497 e. The van der Waals surface area contributed by atoms with Crippen LogP contribution in [0.4, 0.5) is 0 Å². The molecule has 1 aromatic heterocycles. The largest absolute Gasteiger partial charge is 0.497 e. The maximum atomic E-state index is 12.8. The summed E-state index contributed by atoms with van der Waals surface area (Å²) in [5.41, 5.74) is 0.612. The minimum absolute atomic E-state index is 0.00518. The number of ether oxygens (including phenoxy) is 1. The number of hydrogen-bond acceptors (Lipinski definition) is 4. The number of hydrogen-bond donors (Lipinski definition) is 1. The number of imidazole rings is 1. The molecule has 1 fully saturated rings. The van der Waals surface area contributed by atoms with Crippen molar-refractivity contribution in [1.29, 1.82) is 0 Å². The molecule has 1 aliphatic heterocycles. The molecule has 6 nitrogen and oxygen atoms in total. The zero-order valence-electron chi connectivity index (χ0n) is 14.1. The molecule has 0 radical (unpaired) electrons. The highest BCUT2D eigenvalue weighted by molar-refractivity contribution is 5.94.